The zero-order valence-corrected chi connectivity index (χ0v) is 20.4. The van der Waals surface area contributed by atoms with Gasteiger partial charge in [-0.15, -0.1) is 0 Å². The highest BCUT2D eigenvalue weighted by Crippen LogP contribution is 2.48. The highest BCUT2D eigenvalue weighted by Gasteiger charge is 2.36. The van der Waals surface area contributed by atoms with Crippen molar-refractivity contribution in [3.05, 3.63) is 95.1 Å². The van der Waals surface area contributed by atoms with Crippen molar-refractivity contribution in [3.63, 3.8) is 0 Å². The second-order valence-corrected chi connectivity index (χ2v) is 10.3. The van der Waals surface area contributed by atoms with E-state index in [0.717, 1.165) is 18.4 Å². The summed E-state index contributed by atoms with van der Waals surface area (Å²) in [6.45, 7) is 4.40. The molecule has 0 bridgehead atoms. The summed E-state index contributed by atoms with van der Waals surface area (Å²) in [4.78, 5) is 31.5. The van der Waals surface area contributed by atoms with Crippen LogP contribution >= 0.6 is 0 Å². The number of fused-ring (bicyclic) bond motifs is 3. The predicted molar refractivity (Wildman–Crippen MR) is 139 cm³/mol. The molecule has 0 unspecified atom stereocenters. The third-order valence-electron chi connectivity index (χ3n) is 7.56. The number of carbonyl (C=O) groups excluding carboxylic acids is 2. The number of hydrogen-bond acceptors (Lipinski definition) is 4. The van der Waals surface area contributed by atoms with Crippen LogP contribution < -0.4 is 0 Å². The molecule has 0 saturated heterocycles. The van der Waals surface area contributed by atoms with E-state index in [0.29, 0.717) is 29.2 Å². The van der Waals surface area contributed by atoms with Crippen LogP contribution in [0, 0.1) is 5.92 Å². The largest absolute Gasteiger partial charge is 0.365 e. The summed E-state index contributed by atoms with van der Waals surface area (Å²) < 4.78 is 0. The number of ketones is 1. The van der Waals surface area contributed by atoms with E-state index in [4.69, 9.17) is 4.84 Å². The van der Waals surface area contributed by atoms with Crippen molar-refractivity contribution >= 4 is 17.5 Å². The van der Waals surface area contributed by atoms with Crippen molar-refractivity contribution in [2.45, 2.75) is 57.8 Å². The van der Waals surface area contributed by atoms with Crippen LogP contribution in [0.25, 0.3) is 11.1 Å². The average Bonchev–Trinajstić information content (AvgIpc) is 3.13. The molecular weight excluding hydrogens is 434 g/mol. The lowest BCUT2D eigenvalue weighted by Crippen LogP contribution is -2.22. The Kier molecular flexibility index (Phi) is 6.38. The summed E-state index contributed by atoms with van der Waals surface area (Å²) in [6, 6.07) is 23.1. The zero-order valence-electron chi connectivity index (χ0n) is 20.4. The molecule has 0 heterocycles. The maximum atomic E-state index is 13.7. The van der Waals surface area contributed by atoms with Crippen LogP contribution in [0.3, 0.4) is 0 Å². The Hall–Kier alpha value is -3.53. The molecule has 0 aromatic heterocycles. The van der Waals surface area contributed by atoms with Gasteiger partial charge in [0.2, 0.25) is 5.78 Å². The van der Waals surface area contributed by atoms with Crippen LogP contribution in [0.1, 0.15) is 84.2 Å². The van der Waals surface area contributed by atoms with E-state index in [1.165, 1.54) is 36.0 Å². The van der Waals surface area contributed by atoms with Gasteiger partial charge in [0, 0.05) is 11.0 Å². The van der Waals surface area contributed by atoms with E-state index < -0.39 is 5.97 Å². The Labute approximate surface area is 207 Å². The molecule has 5 rings (SSSR count). The number of nitrogens with zero attached hydrogens (tertiary/aromatic N) is 1. The number of carbonyl (C=O) groups is 2. The molecule has 0 atom stereocenters. The number of hydrogen-bond donors (Lipinski definition) is 0. The molecule has 0 spiro atoms. The summed E-state index contributed by atoms with van der Waals surface area (Å²) in [5.41, 5.74) is 5.95. The smallest absolute Gasteiger partial charge is 0.312 e. The zero-order chi connectivity index (χ0) is 24.4. The summed E-state index contributed by atoms with van der Waals surface area (Å²) >= 11 is 0. The predicted octanol–water partition coefficient (Wildman–Crippen LogP) is 7.36. The Balaban J connectivity index is 1.45. The van der Waals surface area contributed by atoms with Gasteiger partial charge in [-0.25, -0.2) is 4.79 Å². The van der Waals surface area contributed by atoms with E-state index in [-0.39, 0.29) is 11.2 Å². The maximum Gasteiger partial charge on any atom is 0.365 e. The summed E-state index contributed by atoms with van der Waals surface area (Å²) in [5.74, 6) is -0.326. The molecule has 3 aromatic carbocycles. The molecule has 4 heteroatoms. The lowest BCUT2D eigenvalue weighted by molar-refractivity contribution is 0.0514. The first-order chi connectivity index (χ1) is 16.9. The van der Waals surface area contributed by atoms with Gasteiger partial charge in [0.15, 0.2) is 0 Å². The van der Waals surface area contributed by atoms with Gasteiger partial charge < -0.3 is 4.84 Å². The maximum absolute atomic E-state index is 13.7. The van der Waals surface area contributed by atoms with Gasteiger partial charge in [-0.1, -0.05) is 106 Å². The molecule has 0 radical (unpaired) electrons. The standard InChI is InChI=1S/C31H31NO3/c1-31(2)26-16-10-9-15-24(26)25-18-17-23(20-27(25)31)29(33)28(19-21-11-5-3-6-12-21)32-35-30(34)22-13-7-4-8-14-22/h4,7-10,13-18,20-21H,3,5-6,11-12,19H2,1-2H3/b32-28+. The van der Waals surface area contributed by atoms with Gasteiger partial charge in [-0.05, 0) is 52.8 Å². The van der Waals surface area contributed by atoms with E-state index in [1.807, 2.05) is 24.3 Å². The lowest BCUT2D eigenvalue weighted by Gasteiger charge is -2.23. The van der Waals surface area contributed by atoms with E-state index >= 15 is 0 Å². The molecule has 35 heavy (non-hydrogen) atoms. The van der Waals surface area contributed by atoms with Crippen molar-refractivity contribution in [2.24, 2.45) is 11.1 Å². The monoisotopic (exact) mass is 465 g/mol. The molecule has 0 aliphatic heterocycles. The minimum absolute atomic E-state index is 0.161. The van der Waals surface area contributed by atoms with Crippen molar-refractivity contribution in [3.8, 4) is 11.1 Å². The molecule has 178 valence electrons. The molecule has 1 saturated carbocycles. The second kappa shape index (κ2) is 9.61. The number of Topliss-reactive ketones (excluding diaryl/α,β-unsaturated/α-hetero) is 1. The van der Waals surface area contributed by atoms with Crippen LogP contribution in [-0.2, 0) is 10.3 Å². The highest BCUT2D eigenvalue weighted by atomic mass is 16.7. The fourth-order valence-corrected chi connectivity index (χ4v) is 5.57. The summed E-state index contributed by atoms with van der Waals surface area (Å²) in [5, 5.41) is 4.16. The molecule has 1 fully saturated rings. The third kappa shape index (κ3) is 4.58. The van der Waals surface area contributed by atoms with E-state index in [1.54, 1.807) is 24.3 Å². The Bertz CT molecular complexity index is 1280. The molecule has 4 nitrogen and oxygen atoms in total. The van der Waals surface area contributed by atoms with Gasteiger partial charge in [0.1, 0.15) is 5.71 Å². The van der Waals surface area contributed by atoms with Gasteiger partial charge in [0.25, 0.3) is 0 Å². The Morgan fingerprint density at radius 2 is 1.51 bits per heavy atom. The first-order valence-corrected chi connectivity index (χ1v) is 12.6. The normalized spacial score (nSPS) is 16.9. The van der Waals surface area contributed by atoms with Crippen molar-refractivity contribution < 1.29 is 14.4 Å². The summed E-state index contributed by atoms with van der Waals surface area (Å²) in [7, 11) is 0. The van der Waals surface area contributed by atoms with E-state index in [9.17, 15) is 9.59 Å². The second-order valence-electron chi connectivity index (χ2n) is 10.3. The van der Waals surface area contributed by atoms with Gasteiger partial charge >= 0.3 is 5.97 Å². The van der Waals surface area contributed by atoms with Crippen LogP contribution in [0.2, 0.25) is 0 Å². The highest BCUT2D eigenvalue weighted by molar-refractivity contribution is 6.46. The van der Waals surface area contributed by atoms with Gasteiger partial charge in [-0.2, -0.15) is 0 Å². The Morgan fingerprint density at radius 1 is 0.829 bits per heavy atom. The molecular formula is C31H31NO3. The third-order valence-corrected chi connectivity index (χ3v) is 7.56. The van der Waals surface area contributed by atoms with Crippen LogP contribution in [0.5, 0.6) is 0 Å². The fraction of sp³-hybridized carbons (Fsp3) is 0.323. The van der Waals surface area contributed by atoms with Crippen LogP contribution in [0.4, 0.5) is 0 Å². The average molecular weight is 466 g/mol. The number of rotatable bonds is 6. The molecule has 3 aromatic rings. The molecule has 0 amide bonds. The van der Waals surface area contributed by atoms with Crippen LogP contribution in [-0.4, -0.2) is 17.5 Å². The van der Waals surface area contributed by atoms with Gasteiger partial charge in [0.05, 0.1) is 5.56 Å². The molecule has 2 aliphatic carbocycles. The topological polar surface area (TPSA) is 55.7 Å². The van der Waals surface area contributed by atoms with Crippen LogP contribution in [0.15, 0.2) is 78.0 Å². The van der Waals surface area contributed by atoms with Crippen molar-refractivity contribution in [1.29, 1.82) is 0 Å². The minimum Gasteiger partial charge on any atom is -0.312 e. The Morgan fingerprint density at radius 3 is 2.29 bits per heavy atom. The van der Waals surface area contributed by atoms with Gasteiger partial charge in [-0.3, -0.25) is 4.79 Å². The summed E-state index contributed by atoms with van der Waals surface area (Å²) in [6.07, 6.45) is 6.25. The van der Waals surface area contributed by atoms with Crippen molar-refractivity contribution in [1.82, 2.24) is 0 Å². The molecule has 2 aliphatic rings. The SMILES string of the molecule is CC1(C)c2ccccc2-c2ccc(C(=O)/C(CC3CCCCC3)=N/OC(=O)c3ccccc3)cc21. The number of oxime groups is 1. The quantitative estimate of drug-likeness (QED) is 0.165. The lowest BCUT2D eigenvalue weighted by atomic mass is 9.81. The molecule has 0 N–H and O–H groups in total. The van der Waals surface area contributed by atoms with Crippen molar-refractivity contribution in [2.75, 3.05) is 0 Å². The number of benzene rings is 3. The fourth-order valence-electron chi connectivity index (χ4n) is 5.57. The minimum atomic E-state index is -0.551. The first kappa shape index (κ1) is 23.2. The van der Waals surface area contributed by atoms with E-state index in [2.05, 4.69) is 43.3 Å². The first-order valence-electron chi connectivity index (χ1n) is 12.6.